The molecule has 3 fully saturated rings. The second-order valence-corrected chi connectivity index (χ2v) is 8.43. The molecule has 0 radical (unpaired) electrons. The summed E-state index contributed by atoms with van der Waals surface area (Å²) in [5.74, 6) is 0.697. The van der Waals surface area contributed by atoms with Crippen LogP contribution in [0.4, 0.5) is 0 Å². The predicted molar refractivity (Wildman–Crippen MR) is 80.7 cm³/mol. The number of ether oxygens (including phenoxy) is 2. The van der Waals surface area contributed by atoms with Gasteiger partial charge in [0.2, 0.25) is 0 Å². The van der Waals surface area contributed by atoms with Crippen LogP contribution in [0, 0.1) is 16.7 Å². The fourth-order valence-corrected chi connectivity index (χ4v) is 4.76. The minimum atomic E-state index is -0.0195. The van der Waals surface area contributed by atoms with Gasteiger partial charge in [0.1, 0.15) is 19.2 Å². The number of fused-ring (bicyclic) bond motifs is 2. The molecule has 2 bridgehead atoms. The van der Waals surface area contributed by atoms with Crippen LogP contribution < -0.4 is 0 Å². The number of nitrogens with zero attached hydrogens (tertiary/aromatic N) is 1. The molecule has 1 saturated heterocycles. The van der Waals surface area contributed by atoms with E-state index in [-0.39, 0.29) is 17.5 Å². The molecule has 0 aromatic heterocycles. The Bertz CT molecular complexity index is 428. The third-order valence-electron chi connectivity index (χ3n) is 7.05. The van der Waals surface area contributed by atoms with Gasteiger partial charge in [-0.2, -0.15) is 0 Å². The van der Waals surface area contributed by atoms with Crippen LogP contribution in [0.25, 0.3) is 0 Å². The highest BCUT2D eigenvalue weighted by molar-refractivity contribution is 5.71. The lowest BCUT2D eigenvalue weighted by atomic mass is 9.70. The molecule has 1 aliphatic heterocycles. The standard InChI is InChI=1S/C17H30NO3/c1-16(2)13-5-6-17(16,3)14(11-13)21-15(19)12-18(4)7-9-20-10-8-18/h13-14H,5-12H2,1-4H3/q+1/t13-,14-,17+/m0/s1. The van der Waals surface area contributed by atoms with E-state index in [0.29, 0.717) is 17.9 Å². The highest BCUT2D eigenvalue weighted by Gasteiger charge is 2.63. The Kier molecular flexibility index (Phi) is 3.61. The van der Waals surface area contributed by atoms with E-state index in [9.17, 15) is 4.79 Å². The summed E-state index contributed by atoms with van der Waals surface area (Å²) in [5, 5.41) is 0. The molecule has 0 aromatic rings. The molecule has 21 heavy (non-hydrogen) atoms. The molecule has 3 atom stereocenters. The topological polar surface area (TPSA) is 35.5 Å². The SMILES string of the molecule is CC1(C)[C@H]2CC[C@]1(C)[C@@H](OC(=O)C[N+]1(C)CCOCC1)C2. The Hall–Kier alpha value is -0.610. The minimum Gasteiger partial charge on any atom is -0.458 e. The fraction of sp³-hybridized carbons (Fsp3) is 0.941. The molecule has 4 heteroatoms. The van der Waals surface area contributed by atoms with Crippen molar-refractivity contribution in [3.8, 4) is 0 Å². The average Bonchev–Trinajstić information content (AvgIpc) is 2.72. The summed E-state index contributed by atoms with van der Waals surface area (Å²) in [4.78, 5) is 12.4. The van der Waals surface area contributed by atoms with Crippen molar-refractivity contribution in [1.29, 1.82) is 0 Å². The van der Waals surface area contributed by atoms with Crippen molar-refractivity contribution in [3.05, 3.63) is 0 Å². The van der Waals surface area contributed by atoms with E-state index in [2.05, 4.69) is 27.8 Å². The second kappa shape index (κ2) is 4.95. The summed E-state index contributed by atoms with van der Waals surface area (Å²) >= 11 is 0. The van der Waals surface area contributed by atoms with Gasteiger partial charge in [-0.15, -0.1) is 0 Å². The Balaban J connectivity index is 1.61. The summed E-state index contributed by atoms with van der Waals surface area (Å²) in [7, 11) is 2.14. The smallest absolute Gasteiger partial charge is 0.362 e. The van der Waals surface area contributed by atoms with E-state index >= 15 is 0 Å². The molecule has 120 valence electrons. The molecule has 0 N–H and O–H groups in total. The van der Waals surface area contributed by atoms with E-state index in [0.717, 1.165) is 37.2 Å². The Morgan fingerprint density at radius 3 is 2.48 bits per heavy atom. The van der Waals surface area contributed by atoms with Crippen molar-refractivity contribution < 1.29 is 18.8 Å². The van der Waals surface area contributed by atoms with Crippen LogP contribution in [0.5, 0.6) is 0 Å². The molecule has 4 nitrogen and oxygen atoms in total. The summed E-state index contributed by atoms with van der Waals surface area (Å²) in [5.41, 5.74) is 0.465. The van der Waals surface area contributed by atoms with Gasteiger partial charge in [0.25, 0.3) is 0 Å². The van der Waals surface area contributed by atoms with Crippen molar-refractivity contribution in [2.24, 2.45) is 16.7 Å². The first-order valence-electron chi connectivity index (χ1n) is 8.38. The fourth-order valence-electron chi connectivity index (χ4n) is 4.76. The first-order chi connectivity index (χ1) is 9.77. The first-order valence-corrected chi connectivity index (χ1v) is 8.38. The van der Waals surface area contributed by atoms with Crippen molar-refractivity contribution in [2.45, 2.75) is 46.1 Å². The highest BCUT2D eigenvalue weighted by atomic mass is 16.5. The van der Waals surface area contributed by atoms with E-state index < -0.39 is 0 Å². The van der Waals surface area contributed by atoms with Crippen molar-refractivity contribution in [3.63, 3.8) is 0 Å². The number of morpholine rings is 1. The third-order valence-corrected chi connectivity index (χ3v) is 7.05. The van der Waals surface area contributed by atoms with Crippen molar-refractivity contribution in [1.82, 2.24) is 0 Å². The maximum atomic E-state index is 12.4. The Morgan fingerprint density at radius 2 is 1.95 bits per heavy atom. The van der Waals surface area contributed by atoms with Crippen LogP contribution in [0.15, 0.2) is 0 Å². The normalized spacial score (nSPS) is 40.2. The Labute approximate surface area is 128 Å². The second-order valence-electron chi connectivity index (χ2n) is 8.43. The molecule has 0 spiro atoms. The lowest BCUT2D eigenvalue weighted by Crippen LogP contribution is -2.55. The first kappa shape index (κ1) is 15.3. The van der Waals surface area contributed by atoms with Gasteiger partial charge in [-0.1, -0.05) is 20.8 Å². The lowest BCUT2D eigenvalue weighted by Gasteiger charge is -2.40. The molecule has 3 rings (SSSR count). The molecule has 1 heterocycles. The van der Waals surface area contributed by atoms with E-state index in [1.54, 1.807) is 0 Å². The molecule has 0 aromatic carbocycles. The van der Waals surface area contributed by atoms with E-state index in [4.69, 9.17) is 9.47 Å². The zero-order valence-electron chi connectivity index (χ0n) is 14.0. The number of rotatable bonds is 3. The van der Waals surface area contributed by atoms with Crippen LogP contribution in [-0.2, 0) is 14.3 Å². The monoisotopic (exact) mass is 296 g/mol. The highest BCUT2D eigenvalue weighted by Crippen LogP contribution is 2.66. The largest absolute Gasteiger partial charge is 0.458 e. The van der Waals surface area contributed by atoms with Gasteiger partial charge in [-0.25, -0.2) is 4.79 Å². The molecule has 3 aliphatic rings. The van der Waals surface area contributed by atoms with Gasteiger partial charge in [0.15, 0.2) is 6.54 Å². The number of esters is 1. The number of hydrogen-bond acceptors (Lipinski definition) is 3. The number of quaternary nitrogens is 1. The summed E-state index contributed by atoms with van der Waals surface area (Å²) in [6.45, 7) is 10.8. The minimum absolute atomic E-state index is 0.0195. The summed E-state index contributed by atoms with van der Waals surface area (Å²) in [6, 6.07) is 0. The van der Waals surface area contributed by atoms with Crippen LogP contribution in [0.2, 0.25) is 0 Å². The van der Waals surface area contributed by atoms with Gasteiger partial charge >= 0.3 is 5.97 Å². The quantitative estimate of drug-likeness (QED) is 0.592. The summed E-state index contributed by atoms with van der Waals surface area (Å²) in [6.07, 6.45) is 3.67. The Morgan fingerprint density at radius 1 is 1.29 bits per heavy atom. The molecule has 2 aliphatic carbocycles. The number of likely N-dealkylation sites (N-methyl/N-ethyl adjacent to an activating group) is 1. The van der Waals surface area contributed by atoms with Crippen molar-refractivity contribution >= 4 is 5.97 Å². The van der Waals surface area contributed by atoms with E-state index in [1.165, 1.54) is 12.8 Å². The predicted octanol–water partition coefficient (Wildman–Crippen LogP) is 2.22. The van der Waals surface area contributed by atoms with E-state index in [1.807, 2.05) is 0 Å². The molecule has 0 unspecified atom stereocenters. The van der Waals surface area contributed by atoms with Gasteiger partial charge in [0, 0.05) is 5.41 Å². The molecular weight excluding hydrogens is 266 g/mol. The maximum absolute atomic E-state index is 12.4. The number of carbonyl (C=O) groups excluding carboxylic acids is 1. The van der Waals surface area contributed by atoms with Crippen molar-refractivity contribution in [2.75, 3.05) is 39.9 Å². The van der Waals surface area contributed by atoms with Gasteiger partial charge in [0.05, 0.1) is 20.3 Å². The molecule has 0 amide bonds. The lowest BCUT2D eigenvalue weighted by molar-refractivity contribution is -0.910. The summed E-state index contributed by atoms with van der Waals surface area (Å²) < 4.78 is 12.1. The number of hydrogen-bond donors (Lipinski definition) is 0. The molecular formula is C17H30NO3+. The van der Waals surface area contributed by atoms with Crippen LogP contribution in [0.1, 0.15) is 40.0 Å². The van der Waals surface area contributed by atoms with Gasteiger partial charge in [-0.3, -0.25) is 0 Å². The third kappa shape index (κ3) is 2.40. The van der Waals surface area contributed by atoms with Gasteiger partial charge in [-0.05, 0) is 30.6 Å². The van der Waals surface area contributed by atoms with Gasteiger partial charge < -0.3 is 14.0 Å². The average molecular weight is 296 g/mol. The zero-order chi connectivity index (χ0) is 15.3. The zero-order valence-corrected chi connectivity index (χ0v) is 14.0. The number of carbonyl (C=O) groups is 1. The van der Waals surface area contributed by atoms with Crippen LogP contribution in [0.3, 0.4) is 0 Å². The van der Waals surface area contributed by atoms with Crippen LogP contribution in [-0.4, -0.2) is 56.5 Å². The molecule has 2 saturated carbocycles. The van der Waals surface area contributed by atoms with Crippen LogP contribution >= 0.6 is 0 Å². The maximum Gasteiger partial charge on any atom is 0.362 e.